The first-order valence-electron chi connectivity index (χ1n) is 9.53. The maximum atomic E-state index is 12.3. The minimum Gasteiger partial charge on any atom is -0.330 e. The van der Waals surface area contributed by atoms with Gasteiger partial charge in [-0.05, 0) is 35.9 Å². The lowest BCUT2D eigenvalue weighted by Gasteiger charge is -2.11. The number of hydrogen-bond donors (Lipinski definition) is 1. The molecule has 0 saturated carbocycles. The second-order valence-electron chi connectivity index (χ2n) is 7.11. The van der Waals surface area contributed by atoms with Gasteiger partial charge in [-0.2, -0.15) is 0 Å². The number of nitrogens with one attached hydrogen (secondary N) is 1. The number of thiazole rings is 1. The Bertz CT molecular complexity index is 1140. The zero-order valence-corrected chi connectivity index (χ0v) is 17.2. The summed E-state index contributed by atoms with van der Waals surface area (Å²) in [4.78, 5) is 21.3. The average molecular weight is 403 g/mol. The summed E-state index contributed by atoms with van der Waals surface area (Å²) in [5.41, 5.74) is 2.83. The molecule has 0 aliphatic heterocycles. The van der Waals surface area contributed by atoms with E-state index in [0.29, 0.717) is 5.92 Å². The fourth-order valence-corrected chi connectivity index (χ4v) is 4.06. The number of carbonyl (C=O) groups excluding carboxylic acids is 1. The number of imidazole rings is 1. The fourth-order valence-electron chi connectivity index (χ4n) is 3.19. The Kier molecular flexibility index (Phi) is 5.53. The van der Waals surface area contributed by atoms with Gasteiger partial charge >= 0.3 is 0 Å². The van der Waals surface area contributed by atoms with Crippen LogP contribution in [0.1, 0.15) is 36.2 Å². The molecule has 6 heteroatoms. The normalized spacial score (nSPS) is 11.6. The number of nitrogens with zero attached hydrogens (tertiary/aromatic N) is 3. The van der Waals surface area contributed by atoms with E-state index in [2.05, 4.69) is 39.8 Å². The van der Waals surface area contributed by atoms with Crippen LogP contribution in [0.3, 0.4) is 0 Å². The van der Waals surface area contributed by atoms with Crippen LogP contribution in [0.4, 0.5) is 5.69 Å². The van der Waals surface area contributed by atoms with E-state index < -0.39 is 0 Å². The van der Waals surface area contributed by atoms with Gasteiger partial charge in [0.2, 0.25) is 5.91 Å². The molecule has 4 aromatic rings. The monoisotopic (exact) mass is 402 g/mol. The fraction of sp³-hybridized carbons (Fsp3) is 0.174. The highest BCUT2D eigenvalue weighted by Crippen LogP contribution is 2.22. The number of benzene rings is 2. The number of hydrogen-bond acceptors (Lipinski definition) is 4. The molecule has 2 aromatic carbocycles. The third-order valence-electron chi connectivity index (χ3n) is 4.50. The molecule has 0 radical (unpaired) electrons. The SMILES string of the molecule is CC(C)c1nccn1Cc1cccc(NC(=O)/C=C/c2nc3ccccc3s2)c1. The quantitative estimate of drug-likeness (QED) is 0.444. The highest BCUT2D eigenvalue weighted by atomic mass is 32.1. The molecule has 1 N–H and O–H groups in total. The van der Waals surface area contributed by atoms with Crippen LogP contribution in [-0.2, 0) is 11.3 Å². The Labute approximate surface area is 173 Å². The maximum Gasteiger partial charge on any atom is 0.248 e. The van der Waals surface area contributed by atoms with Crippen molar-refractivity contribution in [3.05, 3.63) is 83.4 Å². The van der Waals surface area contributed by atoms with E-state index in [4.69, 9.17) is 0 Å². The van der Waals surface area contributed by atoms with Gasteiger partial charge in [0.25, 0.3) is 0 Å². The van der Waals surface area contributed by atoms with Crippen molar-refractivity contribution in [3.63, 3.8) is 0 Å². The van der Waals surface area contributed by atoms with Crippen molar-refractivity contribution in [2.75, 3.05) is 5.32 Å². The van der Waals surface area contributed by atoms with Crippen LogP contribution in [0.15, 0.2) is 67.0 Å². The molecular weight excluding hydrogens is 380 g/mol. The highest BCUT2D eigenvalue weighted by molar-refractivity contribution is 7.19. The molecule has 2 heterocycles. The molecule has 146 valence electrons. The summed E-state index contributed by atoms with van der Waals surface area (Å²) in [5, 5.41) is 3.75. The predicted molar refractivity (Wildman–Crippen MR) is 119 cm³/mol. The lowest BCUT2D eigenvalue weighted by Crippen LogP contribution is -2.09. The number of fused-ring (bicyclic) bond motifs is 1. The topological polar surface area (TPSA) is 59.8 Å². The molecule has 4 rings (SSSR count). The molecule has 0 fully saturated rings. The Hall–Kier alpha value is -3.25. The molecule has 1 amide bonds. The molecule has 5 nitrogen and oxygen atoms in total. The van der Waals surface area contributed by atoms with Gasteiger partial charge in [-0.1, -0.05) is 38.1 Å². The van der Waals surface area contributed by atoms with Gasteiger partial charge < -0.3 is 9.88 Å². The lowest BCUT2D eigenvalue weighted by atomic mass is 10.1. The van der Waals surface area contributed by atoms with E-state index in [-0.39, 0.29) is 5.91 Å². The number of aromatic nitrogens is 3. The Morgan fingerprint density at radius 3 is 2.90 bits per heavy atom. The number of rotatable bonds is 6. The number of amides is 1. The molecule has 29 heavy (non-hydrogen) atoms. The zero-order chi connectivity index (χ0) is 20.2. The van der Waals surface area contributed by atoms with Gasteiger partial charge in [0.1, 0.15) is 10.8 Å². The van der Waals surface area contributed by atoms with E-state index in [1.807, 2.05) is 54.9 Å². The van der Waals surface area contributed by atoms with Crippen molar-refractivity contribution in [2.45, 2.75) is 26.3 Å². The number of anilines is 1. The van der Waals surface area contributed by atoms with Crippen LogP contribution in [0, 0.1) is 0 Å². The Morgan fingerprint density at radius 1 is 1.21 bits per heavy atom. The van der Waals surface area contributed by atoms with E-state index in [9.17, 15) is 4.79 Å². The van der Waals surface area contributed by atoms with Gasteiger partial charge in [-0.15, -0.1) is 11.3 Å². The third kappa shape index (κ3) is 4.60. The predicted octanol–water partition coefficient (Wildman–Crippen LogP) is 5.32. The summed E-state index contributed by atoms with van der Waals surface area (Å²) in [6.07, 6.45) is 7.09. The second-order valence-corrected chi connectivity index (χ2v) is 8.17. The standard InChI is InChI=1S/C23H22N4OS/c1-16(2)23-24-12-13-27(23)15-17-6-5-7-18(14-17)25-21(28)10-11-22-26-19-8-3-4-9-20(19)29-22/h3-14,16H,15H2,1-2H3,(H,25,28)/b11-10+. The van der Waals surface area contributed by atoms with E-state index in [1.165, 1.54) is 6.08 Å². The van der Waals surface area contributed by atoms with Crippen molar-refractivity contribution in [2.24, 2.45) is 0 Å². The van der Waals surface area contributed by atoms with Crippen LogP contribution in [0.5, 0.6) is 0 Å². The minimum atomic E-state index is -0.174. The van der Waals surface area contributed by atoms with Crippen LogP contribution < -0.4 is 5.32 Å². The second kappa shape index (κ2) is 8.41. The summed E-state index contributed by atoms with van der Waals surface area (Å²) < 4.78 is 3.25. The molecule has 0 saturated heterocycles. The first-order valence-corrected chi connectivity index (χ1v) is 10.3. The van der Waals surface area contributed by atoms with Crippen molar-refractivity contribution in [1.29, 1.82) is 0 Å². The van der Waals surface area contributed by atoms with Gasteiger partial charge in [-0.3, -0.25) is 4.79 Å². The molecule has 0 aliphatic carbocycles. The average Bonchev–Trinajstić information content (AvgIpc) is 3.33. The Morgan fingerprint density at radius 2 is 2.07 bits per heavy atom. The third-order valence-corrected chi connectivity index (χ3v) is 5.50. The van der Waals surface area contributed by atoms with Crippen LogP contribution in [-0.4, -0.2) is 20.4 Å². The van der Waals surface area contributed by atoms with E-state index >= 15 is 0 Å². The van der Waals surface area contributed by atoms with Gasteiger partial charge in [0.05, 0.1) is 10.2 Å². The first-order chi connectivity index (χ1) is 14.1. The lowest BCUT2D eigenvalue weighted by molar-refractivity contribution is -0.111. The summed E-state index contributed by atoms with van der Waals surface area (Å²) >= 11 is 1.57. The van der Waals surface area contributed by atoms with E-state index in [1.54, 1.807) is 17.4 Å². The molecule has 0 aliphatic rings. The van der Waals surface area contributed by atoms with Crippen molar-refractivity contribution >= 4 is 39.2 Å². The number of para-hydroxylation sites is 1. The van der Waals surface area contributed by atoms with Crippen LogP contribution in [0.25, 0.3) is 16.3 Å². The molecule has 0 unspecified atom stereocenters. The summed E-state index contributed by atoms with van der Waals surface area (Å²) in [6, 6.07) is 15.8. The van der Waals surface area contributed by atoms with Crippen molar-refractivity contribution in [3.8, 4) is 0 Å². The maximum absolute atomic E-state index is 12.3. The van der Waals surface area contributed by atoms with Crippen molar-refractivity contribution in [1.82, 2.24) is 14.5 Å². The molecule has 0 spiro atoms. The van der Waals surface area contributed by atoms with Crippen molar-refractivity contribution < 1.29 is 4.79 Å². The van der Waals surface area contributed by atoms with E-state index in [0.717, 1.165) is 38.8 Å². The van der Waals surface area contributed by atoms with Crippen LogP contribution in [0.2, 0.25) is 0 Å². The van der Waals surface area contributed by atoms with Gasteiger partial charge in [0, 0.05) is 36.6 Å². The smallest absolute Gasteiger partial charge is 0.248 e. The molecule has 0 bridgehead atoms. The molecule has 0 atom stereocenters. The van der Waals surface area contributed by atoms with Gasteiger partial charge in [-0.25, -0.2) is 9.97 Å². The Balaban J connectivity index is 1.43. The highest BCUT2D eigenvalue weighted by Gasteiger charge is 2.08. The van der Waals surface area contributed by atoms with Gasteiger partial charge in [0.15, 0.2) is 0 Å². The number of carbonyl (C=O) groups is 1. The first kappa shape index (κ1) is 19.1. The van der Waals surface area contributed by atoms with Crippen LogP contribution >= 0.6 is 11.3 Å². The largest absolute Gasteiger partial charge is 0.330 e. The summed E-state index contributed by atoms with van der Waals surface area (Å²) in [7, 11) is 0. The summed E-state index contributed by atoms with van der Waals surface area (Å²) in [6.45, 7) is 4.99. The minimum absolute atomic E-state index is 0.174. The summed E-state index contributed by atoms with van der Waals surface area (Å²) in [5.74, 6) is 1.24. The molecule has 2 aromatic heterocycles. The zero-order valence-electron chi connectivity index (χ0n) is 16.4. The molecular formula is C23H22N4OS.